The number of nitrogens with one attached hydrogen (secondary N) is 1. The fourth-order valence-corrected chi connectivity index (χ4v) is 9.84. The first kappa shape index (κ1) is 39.1. The van der Waals surface area contributed by atoms with Gasteiger partial charge < -0.3 is 24.6 Å². The molecule has 3 aliphatic heterocycles. The van der Waals surface area contributed by atoms with E-state index in [1.165, 1.54) is 4.31 Å². The van der Waals surface area contributed by atoms with E-state index in [0.29, 0.717) is 56.3 Å². The minimum Gasteiger partial charge on any atom is -0.481 e. The standard InChI is InChI=1S/C40H53N7O7S/c1-25-8-9-30(34(39(6,7)38(48)49)32-10-13-47-29(5)43-44-36(47)28(32)4)21-31(25)23-46-24-40(11-16-52-17-12-40)54-37-33(55(46,50)51)20-26(2)35(42-37)41-27(3)22-45-14-18-53-19-15-45/h8-10,13,20-21,27,34H,11-12,14-19,22-24H2,1-7H3,(H,41,42)(H,48,49)/t27-,34+/m0/s1. The number of anilines is 1. The molecule has 0 unspecified atom stereocenters. The lowest BCUT2D eigenvalue weighted by molar-refractivity contribution is -0.147. The van der Waals surface area contributed by atoms with Crippen LogP contribution in [0.3, 0.4) is 0 Å². The van der Waals surface area contributed by atoms with Crippen molar-refractivity contribution in [2.24, 2.45) is 5.41 Å². The molecule has 2 atom stereocenters. The molecule has 14 nitrogen and oxygen atoms in total. The van der Waals surface area contributed by atoms with Gasteiger partial charge in [-0.1, -0.05) is 18.2 Å². The van der Waals surface area contributed by atoms with Crippen molar-refractivity contribution in [3.8, 4) is 5.88 Å². The molecule has 7 rings (SSSR count). The molecule has 3 aromatic heterocycles. The minimum absolute atomic E-state index is 0.0333. The van der Waals surface area contributed by atoms with Crippen LogP contribution in [0.1, 0.15) is 78.7 Å². The van der Waals surface area contributed by atoms with Crippen LogP contribution in [0, 0.1) is 33.1 Å². The summed E-state index contributed by atoms with van der Waals surface area (Å²) in [6.07, 6.45) is 2.88. The maximum absolute atomic E-state index is 14.8. The number of hydrogen-bond acceptors (Lipinski definition) is 11. The zero-order chi connectivity index (χ0) is 39.3. The Morgan fingerprint density at radius 2 is 1.71 bits per heavy atom. The third kappa shape index (κ3) is 7.56. The van der Waals surface area contributed by atoms with Crippen molar-refractivity contribution in [1.82, 2.24) is 28.8 Å². The number of hydrogen-bond donors (Lipinski definition) is 2. The highest BCUT2D eigenvalue weighted by Crippen LogP contribution is 2.45. The number of carboxylic acids is 1. The molecule has 0 saturated carbocycles. The number of aryl methyl sites for hydroxylation is 4. The van der Waals surface area contributed by atoms with Crippen molar-refractivity contribution in [3.05, 3.63) is 75.7 Å². The SMILES string of the molecule is Cc1ccc([C@H](c2ccn3c(C)nnc3c2C)C(C)(C)C(=O)O)cc1CN1CC2(CCOCC2)Oc2nc(N[C@@H](C)CN3CCOCC3)c(C)cc2S1(=O)=O. The molecule has 2 saturated heterocycles. The monoisotopic (exact) mass is 775 g/mol. The Morgan fingerprint density at radius 3 is 2.42 bits per heavy atom. The zero-order valence-electron chi connectivity index (χ0n) is 32.9. The van der Waals surface area contributed by atoms with Crippen LogP contribution >= 0.6 is 0 Å². The first-order valence-corrected chi connectivity index (χ1v) is 20.5. The zero-order valence-corrected chi connectivity index (χ0v) is 33.7. The van der Waals surface area contributed by atoms with Crippen LogP contribution in [0.25, 0.3) is 5.65 Å². The molecule has 1 spiro atoms. The normalized spacial score (nSPS) is 20.1. The topological polar surface area (TPSA) is 161 Å². The lowest BCUT2D eigenvalue weighted by Crippen LogP contribution is -2.50. The molecule has 2 fully saturated rings. The molecule has 2 N–H and O–H groups in total. The number of aliphatic carboxylic acids is 1. The molecule has 296 valence electrons. The fourth-order valence-electron chi connectivity index (χ4n) is 8.22. The number of nitrogens with zero attached hydrogens (tertiary/aromatic N) is 6. The number of benzene rings is 1. The van der Waals surface area contributed by atoms with Crippen LogP contribution in [0.5, 0.6) is 5.88 Å². The van der Waals surface area contributed by atoms with Gasteiger partial charge in [-0.05, 0) is 94.0 Å². The van der Waals surface area contributed by atoms with Crippen molar-refractivity contribution in [3.63, 3.8) is 0 Å². The number of aromatic nitrogens is 4. The molecule has 0 bridgehead atoms. The van der Waals surface area contributed by atoms with Crippen LogP contribution in [0.15, 0.2) is 41.4 Å². The molecular formula is C40H53N7O7S. The Morgan fingerprint density at radius 1 is 1.00 bits per heavy atom. The van der Waals surface area contributed by atoms with Crippen molar-refractivity contribution in [2.45, 2.75) is 90.3 Å². The van der Waals surface area contributed by atoms with E-state index < -0.39 is 32.9 Å². The number of rotatable bonds is 10. The predicted octanol–water partition coefficient (Wildman–Crippen LogP) is 4.87. The van der Waals surface area contributed by atoms with Gasteiger partial charge in [0, 0.05) is 57.2 Å². The summed E-state index contributed by atoms with van der Waals surface area (Å²) in [7, 11) is -4.11. The molecule has 0 amide bonds. The van der Waals surface area contributed by atoms with Gasteiger partial charge >= 0.3 is 5.97 Å². The van der Waals surface area contributed by atoms with Gasteiger partial charge in [-0.25, -0.2) is 8.42 Å². The minimum atomic E-state index is -4.11. The summed E-state index contributed by atoms with van der Waals surface area (Å²) in [4.78, 5) is 20.1. The van der Waals surface area contributed by atoms with E-state index in [-0.39, 0.29) is 29.9 Å². The lowest BCUT2D eigenvalue weighted by Gasteiger charge is -2.38. The second-order valence-electron chi connectivity index (χ2n) is 16.1. The van der Waals surface area contributed by atoms with Crippen molar-refractivity contribution >= 4 is 27.5 Å². The Hall–Kier alpha value is -4.15. The van der Waals surface area contributed by atoms with E-state index in [1.54, 1.807) is 19.9 Å². The van der Waals surface area contributed by atoms with Gasteiger partial charge in [0.25, 0.3) is 0 Å². The average Bonchev–Trinajstić information content (AvgIpc) is 3.49. The quantitative estimate of drug-likeness (QED) is 0.226. The van der Waals surface area contributed by atoms with Gasteiger partial charge in [0.1, 0.15) is 22.1 Å². The number of carboxylic acid groups (broad SMARTS) is 1. The Bertz CT molecular complexity index is 2190. The van der Waals surface area contributed by atoms with E-state index >= 15 is 0 Å². The molecule has 1 aromatic carbocycles. The number of sulfonamides is 1. The highest BCUT2D eigenvalue weighted by Gasteiger charge is 2.46. The highest BCUT2D eigenvalue weighted by atomic mass is 32.2. The molecule has 15 heteroatoms. The van der Waals surface area contributed by atoms with Crippen LogP contribution in [-0.4, -0.2) is 113 Å². The number of carbonyl (C=O) groups is 1. The second-order valence-corrected chi connectivity index (χ2v) is 18.0. The maximum Gasteiger partial charge on any atom is 0.310 e. The Kier molecular flexibility index (Phi) is 10.7. The summed E-state index contributed by atoms with van der Waals surface area (Å²) in [5.41, 5.74) is 3.37. The first-order chi connectivity index (χ1) is 26.1. The number of ether oxygens (including phenoxy) is 3. The van der Waals surface area contributed by atoms with E-state index in [2.05, 4.69) is 27.3 Å². The van der Waals surface area contributed by atoms with E-state index in [0.717, 1.165) is 53.3 Å². The predicted molar refractivity (Wildman–Crippen MR) is 207 cm³/mol. The van der Waals surface area contributed by atoms with Gasteiger partial charge in [-0.15, -0.1) is 10.2 Å². The molecule has 4 aromatic rings. The largest absolute Gasteiger partial charge is 0.481 e. The third-order valence-corrected chi connectivity index (χ3v) is 13.4. The maximum atomic E-state index is 14.8. The lowest BCUT2D eigenvalue weighted by atomic mass is 9.70. The van der Waals surface area contributed by atoms with Crippen molar-refractivity contribution in [2.75, 3.05) is 57.9 Å². The van der Waals surface area contributed by atoms with Crippen LogP contribution in [0.4, 0.5) is 5.82 Å². The van der Waals surface area contributed by atoms with E-state index in [1.807, 2.05) is 62.6 Å². The Labute approximate surface area is 323 Å². The third-order valence-electron chi connectivity index (χ3n) is 11.6. The number of pyridine rings is 2. The highest BCUT2D eigenvalue weighted by molar-refractivity contribution is 7.89. The summed E-state index contributed by atoms with van der Waals surface area (Å²) < 4.78 is 51.0. The smallest absolute Gasteiger partial charge is 0.310 e. The summed E-state index contributed by atoms with van der Waals surface area (Å²) in [5, 5.41) is 22.7. The molecular weight excluding hydrogens is 723 g/mol. The van der Waals surface area contributed by atoms with Crippen molar-refractivity contribution < 1.29 is 32.5 Å². The fraction of sp³-hybridized carbons (Fsp3) is 0.550. The second kappa shape index (κ2) is 15.1. The molecule has 6 heterocycles. The van der Waals surface area contributed by atoms with Gasteiger partial charge in [-0.3, -0.25) is 14.1 Å². The molecule has 3 aliphatic rings. The summed E-state index contributed by atoms with van der Waals surface area (Å²) in [5.74, 6) is -0.107. The summed E-state index contributed by atoms with van der Waals surface area (Å²) in [6, 6.07) is 9.53. The Balaban J connectivity index is 1.26. The van der Waals surface area contributed by atoms with Gasteiger partial charge in [-0.2, -0.15) is 9.29 Å². The summed E-state index contributed by atoms with van der Waals surface area (Å²) >= 11 is 0. The van der Waals surface area contributed by atoms with Gasteiger partial charge in [0.2, 0.25) is 15.9 Å². The van der Waals surface area contributed by atoms with Gasteiger partial charge in [0.15, 0.2) is 5.65 Å². The van der Waals surface area contributed by atoms with E-state index in [9.17, 15) is 18.3 Å². The van der Waals surface area contributed by atoms with Crippen LogP contribution < -0.4 is 10.1 Å². The average molecular weight is 776 g/mol. The van der Waals surface area contributed by atoms with E-state index in [4.69, 9.17) is 19.2 Å². The summed E-state index contributed by atoms with van der Waals surface area (Å²) in [6.45, 7) is 18.2. The van der Waals surface area contributed by atoms with Crippen LogP contribution in [0.2, 0.25) is 0 Å². The number of fused-ring (bicyclic) bond motifs is 2. The first-order valence-electron chi connectivity index (χ1n) is 19.1. The molecule has 55 heavy (non-hydrogen) atoms. The molecule has 0 radical (unpaired) electrons. The van der Waals surface area contributed by atoms with Crippen LogP contribution in [-0.2, 0) is 30.8 Å². The van der Waals surface area contributed by atoms with Crippen molar-refractivity contribution in [1.29, 1.82) is 0 Å². The molecule has 0 aliphatic carbocycles. The number of morpholine rings is 1. The van der Waals surface area contributed by atoms with Gasteiger partial charge in [0.05, 0.1) is 38.4 Å².